The Balaban J connectivity index is 2.03. The number of hydrogen-bond donors (Lipinski definition) is 1. The molecule has 1 aliphatic carbocycles. The maximum atomic E-state index is 4.79. The molecule has 21 heavy (non-hydrogen) atoms. The van der Waals surface area contributed by atoms with Crippen molar-refractivity contribution in [2.75, 3.05) is 11.9 Å². The van der Waals surface area contributed by atoms with Gasteiger partial charge in [0.25, 0.3) is 0 Å². The third kappa shape index (κ3) is 4.54. The molecule has 1 aromatic heterocycles. The fourth-order valence-electron chi connectivity index (χ4n) is 3.16. The molecular weight excluding hydrogens is 373 g/mol. The summed E-state index contributed by atoms with van der Waals surface area (Å²) in [6.07, 6.45) is 8.16. The smallest absolute Gasteiger partial charge is 0.143 e. The summed E-state index contributed by atoms with van der Waals surface area (Å²) in [5.74, 6) is 3.44. The molecule has 3 nitrogen and oxygen atoms in total. The lowest BCUT2D eigenvalue weighted by Gasteiger charge is -2.36. The van der Waals surface area contributed by atoms with Crippen molar-refractivity contribution in [1.82, 2.24) is 9.97 Å². The Hall–Kier alpha value is -0.390. The van der Waals surface area contributed by atoms with Gasteiger partial charge in [-0.25, -0.2) is 9.97 Å². The van der Waals surface area contributed by atoms with Crippen molar-refractivity contribution in [2.45, 2.75) is 65.7 Å². The topological polar surface area (TPSA) is 37.8 Å². The molecule has 2 rings (SSSR count). The molecule has 1 aromatic rings. The molecule has 1 fully saturated rings. The van der Waals surface area contributed by atoms with E-state index in [2.05, 4.69) is 60.6 Å². The zero-order chi connectivity index (χ0) is 15.5. The van der Waals surface area contributed by atoms with Gasteiger partial charge in [0.05, 0.1) is 3.57 Å². The Labute approximate surface area is 142 Å². The van der Waals surface area contributed by atoms with Crippen molar-refractivity contribution in [3.63, 3.8) is 0 Å². The molecule has 0 bridgehead atoms. The summed E-state index contributed by atoms with van der Waals surface area (Å²) in [6, 6.07) is 0. The number of hydrogen-bond acceptors (Lipinski definition) is 3. The van der Waals surface area contributed by atoms with Crippen molar-refractivity contribution in [3.8, 4) is 0 Å². The van der Waals surface area contributed by atoms with Crippen molar-refractivity contribution in [3.05, 3.63) is 15.6 Å². The molecule has 1 saturated carbocycles. The van der Waals surface area contributed by atoms with E-state index in [0.29, 0.717) is 11.3 Å². The third-order valence-electron chi connectivity index (χ3n) is 4.62. The average Bonchev–Trinajstić information content (AvgIpc) is 2.46. The minimum atomic E-state index is 0.436. The predicted octanol–water partition coefficient (Wildman–Crippen LogP) is 5.22. The summed E-state index contributed by atoms with van der Waals surface area (Å²) < 4.78 is 1.12. The highest BCUT2D eigenvalue weighted by atomic mass is 127. The van der Waals surface area contributed by atoms with Gasteiger partial charge in [0.15, 0.2) is 0 Å². The standard InChI is InChI=1S/C17H28IN3/c1-5-10-19-16-14(18)11-20-15(21-16)12-6-8-13(9-7-12)17(2,3)4/h11-13H,5-10H2,1-4H3,(H,19,20,21). The van der Waals surface area contributed by atoms with Crippen molar-refractivity contribution < 1.29 is 0 Å². The average molecular weight is 401 g/mol. The van der Waals surface area contributed by atoms with Crippen LogP contribution in [0.25, 0.3) is 0 Å². The molecule has 0 saturated heterocycles. The lowest BCUT2D eigenvalue weighted by atomic mass is 9.70. The molecule has 118 valence electrons. The van der Waals surface area contributed by atoms with Crippen LogP contribution in [-0.2, 0) is 0 Å². The van der Waals surface area contributed by atoms with Crippen LogP contribution >= 0.6 is 22.6 Å². The van der Waals surface area contributed by atoms with Crippen LogP contribution in [0.4, 0.5) is 5.82 Å². The molecule has 0 spiro atoms. The molecule has 1 aliphatic rings. The quantitative estimate of drug-likeness (QED) is 0.703. The molecule has 0 aliphatic heterocycles. The predicted molar refractivity (Wildman–Crippen MR) is 97.7 cm³/mol. The van der Waals surface area contributed by atoms with Crippen molar-refractivity contribution in [2.24, 2.45) is 11.3 Å². The van der Waals surface area contributed by atoms with E-state index in [1.165, 1.54) is 25.7 Å². The van der Waals surface area contributed by atoms with Gasteiger partial charge in [-0.05, 0) is 66.0 Å². The Morgan fingerprint density at radius 3 is 2.48 bits per heavy atom. The number of aromatic nitrogens is 2. The summed E-state index contributed by atoms with van der Waals surface area (Å²) >= 11 is 2.31. The van der Waals surface area contributed by atoms with Gasteiger partial charge in [0, 0.05) is 18.7 Å². The molecule has 0 atom stereocenters. The van der Waals surface area contributed by atoms with Crippen molar-refractivity contribution >= 4 is 28.4 Å². The minimum absolute atomic E-state index is 0.436. The van der Waals surface area contributed by atoms with Gasteiger partial charge in [0.2, 0.25) is 0 Å². The van der Waals surface area contributed by atoms with Gasteiger partial charge in [0.1, 0.15) is 11.6 Å². The number of nitrogens with zero attached hydrogens (tertiary/aromatic N) is 2. The number of anilines is 1. The van der Waals surface area contributed by atoms with E-state index >= 15 is 0 Å². The summed E-state index contributed by atoms with van der Waals surface area (Å²) in [5.41, 5.74) is 0.436. The van der Waals surface area contributed by atoms with Crippen LogP contribution in [0.15, 0.2) is 6.20 Å². The van der Waals surface area contributed by atoms with E-state index in [9.17, 15) is 0 Å². The summed E-state index contributed by atoms with van der Waals surface area (Å²) in [7, 11) is 0. The van der Waals surface area contributed by atoms with Gasteiger partial charge in [-0.1, -0.05) is 27.7 Å². The van der Waals surface area contributed by atoms with Crippen LogP contribution in [0.1, 0.15) is 71.5 Å². The molecule has 0 radical (unpaired) electrons. The van der Waals surface area contributed by atoms with Crippen LogP contribution in [0.5, 0.6) is 0 Å². The molecule has 1 heterocycles. The Kier molecular flexibility index (Phi) is 5.86. The zero-order valence-electron chi connectivity index (χ0n) is 13.7. The monoisotopic (exact) mass is 401 g/mol. The van der Waals surface area contributed by atoms with Crippen LogP contribution in [0.3, 0.4) is 0 Å². The van der Waals surface area contributed by atoms with Gasteiger partial charge < -0.3 is 5.32 Å². The highest BCUT2D eigenvalue weighted by Gasteiger charge is 2.31. The maximum Gasteiger partial charge on any atom is 0.143 e. The molecule has 0 unspecified atom stereocenters. The number of rotatable bonds is 4. The summed E-state index contributed by atoms with van der Waals surface area (Å²) in [6.45, 7) is 10.3. The molecule has 0 aromatic carbocycles. The van der Waals surface area contributed by atoms with Crippen LogP contribution in [0.2, 0.25) is 0 Å². The SMILES string of the molecule is CCCNc1nc(C2CCC(C(C)(C)C)CC2)ncc1I. The summed E-state index contributed by atoms with van der Waals surface area (Å²) in [5, 5.41) is 3.42. The largest absolute Gasteiger partial charge is 0.369 e. The van der Waals surface area contributed by atoms with E-state index in [1.807, 2.05) is 6.20 Å². The first-order valence-corrected chi connectivity index (χ1v) is 9.26. The fraction of sp³-hybridized carbons (Fsp3) is 0.765. The molecule has 0 amide bonds. The van der Waals surface area contributed by atoms with E-state index in [-0.39, 0.29) is 0 Å². The van der Waals surface area contributed by atoms with Gasteiger partial charge in [-0.3, -0.25) is 0 Å². The van der Waals surface area contributed by atoms with Crippen LogP contribution < -0.4 is 5.32 Å². The van der Waals surface area contributed by atoms with E-state index in [1.54, 1.807) is 0 Å². The molecule has 1 N–H and O–H groups in total. The molecular formula is C17H28IN3. The summed E-state index contributed by atoms with van der Waals surface area (Å²) in [4.78, 5) is 9.39. The van der Waals surface area contributed by atoms with Gasteiger partial charge in [-0.15, -0.1) is 0 Å². The maximum absolute atomic E-state index is 4.79. The minimum Gasteiger partial charge on any atom is -0.369 e. The van der Waals surface area contributed by atoms with E-state index in [0.717, 1.165) is 34.1 Å². The zero-order valence-corrected chi connectivity index (χ0v) is 15.9. The highest BCUT2D eigenvalue weighted by Crippen LogP contribution is 2.42. The normalized spacial score (nSPS) is 23.1. The van der Waals surface area contributed by atoms with E-state index < -0.39 is 0 Å². The highest BCUT2D eigenvalue weighted by molar-refractivity contribution is 14.1. The van der Waals surface area contributed by atoms with Crippen LogP contribution in [0, 0.1) is 14.9 Å². The second-order valence-electron chi connectivity index (χ2n) is 7.27. The first-order chi connectivity index (χ1) is 9.91. The van der Waals surface area contributed by atoms with E-state index in [4.69, 9.17) is 4.98 Å². The Bertz CT molecular complexity index is 460. The Morgan fingerprint density at radius 1 is 1.24 bits per heavy atom. The van der Waals surface area contributed by atoms with Crippen LogP contribution in [-0.4, -0.2) is 16.5 Å². The second kappa shape index (κ2) is 7.25. The first-order valence-electron chi connectivity index (χ1n) is 8.18. The second-order valence-corrected chi connectivity index (χ2v) is 8.43. The molecule has 4 heteroatoms. The van der Waals surface area contributed by atoms with Crippen molar-refractivity contribution in [1.29, 1.82) is 0 Å². The Morgan fingerprint density at radius 2 is 1.90 bits per heavy atom. The first kappa shape index (κ1) is 17.0. The number of halogens is 1. The van der Waals surface area contributed by atoms with Gasteiger partial charge in [-0.2, -0.15) is 0 Å². The fourth-order valence-corrected chi connectivity index (χ4v) is 3.61. The third-order valence-corrected chi connectivity index (χ3v) is 5.41. The van der Waals surface area contributed by atoms with Gasteiger partial charge >= 0.3 is 0 Å². The number of nitrogens with one attached hydrogen (secondary N) is 1. The lowest BCUT2D eigenvalue weighted by Crippen LogP contribution is -2.26. The lowest BCUT2D eigenvalue weighted by molar-refractivity contribution is 0.167.